The Morgan fingerprint density at radius 3 is 2.35 bits per heavy atom. The maximum atomic E-state index is 12.0. The number of primary amides is 1. The highest BCUT2D eigenvalue weighted by molar-refractivity contribution is 6.58. The molecule has 1 aromatic rings. The number of carbonyl (C=O) groups excluding carboxylic acids is 1. The number of amides is 1. The van der Waals surface area contributed by atoms with Crippen molar-refractivity contribution in [1.82, 2.24) is 0 Å². The minimum Gasteiger partial charge on any atom is -0.522 e. The number of hydrogen-bond donors (Lipinski definition) is 1. The number of benzene rings is 1. The van der Waals surface area contributed by atoms with Gasteiger partial charge in [-0.2, -0.15) is 0 Å². The number of ether oxygens (including phenoxy) is 2. The van der Waals surface area contributed by atoms with Crippen LogP contribution >= 0.6 is 0 Å². The predicted molar refractivity (Wildman–Crippen MR) is 56.1 cm³/mol. The Kier molecular flexibility index (Phi) is 3.87. The number of rotatable bonds is 5. The van der Waals surface area contributed by atoms with E-state index in [0.29, 0.717) is 0 Å². The Balaban J connectivity index is 2.91. The second kappa shape index (κ2) is 4.98. The quantitative estimate of drug-likeness (QED) is 0.804. The molecule has 0 saturated heterocycles. The summed E-state index contributed by atoms with van der Waals surface area (Å²) in [5, 5.41) is 0. The van der Waals surface area contributed by atoms with Gasteiger partial charge in [0, 0.05) is 11.6 Å². The normalized spacial score (nSPS) is 11.1. The van der Waals surface area contributed by atoms with Gasteiger partial charge >= 0.3 is 6.98 Å². The predicted octanol–water partition coefficient (Wildman–Crippen LogP) is 1.56. The molecular weight excluding hydrogens is 238 g/mol. The van der Waals surface area contributed by atoms with Gasteiger partial charge in [-0.25, -0.2) is 0 Å². The van der Waals surface area contributed by atoms with Crippen LogP contribution in [0.15, 0.2) is 18.2 Å². The second-order valence-electron chi connectivity index (χ2n) is 3.28. The molecule has 0 bridgehead atoms. The molecule has 0 aliphatic rings. The SMILES string of the molecule is COc1cc(OC[B-](F)(F)F)cc(C(N)=O)c1. The molecule has 0 unspecified atom stereocenters. The first-order valence-electron chi connectivity index (χ1n) is 4.64. The third-order valence-electron chi connectivity index (χ3n) is 1.84. The molecule has 4 nitrogen and oxygen atoms in total. The van der Waals surface area contributed by atoms with Crippen molar-refractivity contribution in [2.24, 2.45) is 5.73 Å². The largest absolute Gasteiger partial charge is 0.522 e. The molecule has 1 amide bonds. The number of methoxy groups -OCH3 is 1. The monoisotopic (exact) mass is 248 g/mol. The van der Waals surface area contributed by atoms with Crippen molar-refractivity contribution < 1.29 is 27.2 Å². The van der Waals surface area contributed by atoms with E-state index in [0.717, 1.165) is 6.07 Å². The molecule has 0 fully saturated rings. The average molecular weight is 248 g/mol. The summed E-state index contributed by atoms with van der Waals surface area (Å²) in [7, 11) is 1.32. The smallest absolute Gasteiger partial charge is 0.515 e. The van der Waals surface area contributed by atoms with E-state index in [9.17, 15) is 17.7 Å². The Labute approximate surface area is 95.6 Å². The summed E-state index contributed by atoms with van der Waals surface area (Å²) in [6.45, 7) is -6.44. The summed E-state index contributed by atoms with van der Waals surface area (Å²) in [6, 6.07) is 3.69. The first kappa shape index (κ1) is 13.2. The van der Waals surface area contributed by atoms with Crippen LogP contribution in [-0.2, 0) is 0 Å². The van der Waals surface area contributed by atoms with Gasteiger partial charge in [0.2, 0.25) is 5.91 Å². The molecule has 0 saturated carbocycles. The molecule has 1 aromatic carbocycles. The lowest BCUT2D eigenvalue weighted by atomic mass is 9.95. The fourth-order valence-corrected chi connectivity index (χ4v) is 1.11. The number of carbonyl (C=O) groups is 1. The van der Waals surface area contributed by atoms with E-state index in [1.807, 2.05) is 0 Å². The second-order valence-corrected chi connectivity index (χ2v) is 3.28. The summed E-state index contributed by atoms with van der Waals surface area (Å²) in [5.41, 5.74) is 5.04. The minimum absolute atomic E-state index is 0.0222. The molecule has 0 aromatic heterocycles. The van der Waals surface area contributed by atoms with E-state index < -0.39 is 19.4 Å². The average Bonchev–Trinajstić information content (AvgIpc) is 2.25. The van der Waals surface area contributed by atoms with Crippen LogP contribution in [0, 0.1) is 0 Å². The van der Waals surface area contributed by atoms with E-state index >= 15 is 0 Å². The topological polar surface area (TPSA) is 61.6 Å². The zero-order chi connectivity index (χ0) is 13.1. The van der Waals surface area contributed by atoms with Crippen LogP contribution in [0.25, 0.3) is 0 Å². The third-order valence-corrected chi connectivity index (χ3v) is 1.84. The molecule has 0 aliphatic carbocycles. The minimum atomic E-state index is -5.05. The van der Waals surface area contributed by atoms with Crippen LogP contribution in [0.2, 0.25) is 0 Å². The summed E-state index contributed by atoms with van der Waals surface area (Å²) in [4.78, 5) is 10.9. The number of hydrogen-bond acceptors (Lipinski definition) is 3. The summed E-state index contributed by atoms with van der Waals surface area (Å²) in [6.07, 6.45) is 0. The van der Waals surface area contributed by atoms with Crippen molar-refractivity contribution in [2.75, 3.05) is 13.6 Å². The third kappa shape index (κ3) is 4.25. The maximum absolute atomic E-state index is 12.0. The Morgan fingerprint density at radius 2 is 1.88 bits per heavy atom. The van der Waals surface area contributed by atoms with Crippen molar-refractivity contribution in [2.45, 2.75) is 0 Å². The van der Waals surface area contributed by atoms with Crippen molar-refractivity contribution in [3.05, 3.63) is 23.8 Å². The zero-order valence-electron chi connectivity index (χ0n) is 8.95. The Morgan fingerprint density at radius 1 is 1.29 bits per heavy atom. The van der Waals surface area contributed by atoms with Gasteiger partial charge in [0.05, 0.1) is 13.6 Å². The van der Waals surface area contributed by atoms with Crippen molar-refractivity contribution in [3.8, 4) is 11.5 Å². The highest BCUT2D eigenvalue weighted by atomic mass is 19.4. The molecule has 17 heavy (non-hydrogen) atoms. The lowest BCUT2D eigenvalue weighted by Gasteiger charge is -2.16. The van der Waals surface area contributed by atoms with Gasteiger partial charge in [-0.1, -0.05) is 0 Å². The van der Waals surface area contributed by atoms with Gasteiger partial charge in [0.15, 0.2) is 0 Å². The summed E-state index contributed by atoms with van der Waals surface area (Å²) < 4.78 is 45.3. The standard InChI is InChI=1S/C9H10BF3NO3/c1-16-7-2-6(9(14)15)3-8(4-7)17-5-10(11,12)13/h2-4H,5H2,1H3,(H2,14,15)/q-1. The van der Waals surface area contributed by atoms with Crippen LogP contribution in [0.1, 0.15) is 10.4 Å². The van der Waals surface area contributed by atoms with Gasteiger partial charge in [-0.15, -0.1) is 0 Å². The lowest BCUT2D eigenvalue weighted by molar-refractivity contribution is 0.0999. The van der Waals surface area contributed by atoms with Gasteiger partial charge in [-0.3, -0.25) is 4.79 Å². The van der Waals surface area contributed by atoms with E-state index in [1.54, 1.807) is 0 Å². The molecule has 0 heterocycles. The van der Waals surface area contributed by atoms with Crippen LogP contribution in [0.3, 0.4) is 0 Å². The Bertz CT molecular complexity index is 422. The summed E-state index contributed by atoms with van der Waals surface area (Å²) in [5.74, 6) is -0.686. The fraction of sp³-hybridized carbons (Fsp3) is 0.222. The van der Waals surface area contributed by atoms with E-state index in [-0.39, 0.29) is 17.1 Å². The van der Waals surface area contributed by atoms with E-state index in [4.69, 9.17) is 10.5 Å². The van der Waals surface area contributed by atoms with Crippen molar-refractivity contribution in [3.63, 3.8) is 0 Å². The zero-order valence-corrected chi connectivity index (χ0v) is 8.95. The van der Waals surface area contributed by atoms with Crippen LogP contribution in [-0.4, -0.2) is 26.5 Å². The first-order chi connectivity index (χ1) is 7.81. The molecule has 0 spiro atoms. The van der Waals surface area contributed by atoms with Gasteiger partial charge < -0.3 is 28.2 Å². The molecule has 1 rings (SSSR count). The maximum Gasteiger partial charge on any atom is 0.515 e. The van der Waals surface area contributed by atoms with Crippen molar-refractivity contribution in [1.29, 1.82) is 0 Å². The first-order valence-corrected chi connectivity index (χ1v) is 4.64. The molecule has 8 heteroatoms. The highest BCUT2D eigenvalue weighted by Gasteiger charge is 2.24. The number of halogens is 3. The van der Waals surface area contributed by atoms with Gasteiger partial charge in [-0.05, 0) is 12.1 Å². The van der Waals surface area contributed by atoms with Crippen LogP contribution in [0.5, 0.6) is 11.5 Å². The van der Waals surface area contributed by atoms with Gasteiger partial charge in [0.25, 0.3) is 0 Å². The fourth-order valence-electron chi connectivity index (χ4n) is 1.11. The van der Waals surface area contributed by atoms with Crippen LogP contribution < -0.4 is 15.2 Å². The van der Waals surface area contributed by atoms with Gasteiger partial charge in [0.1, 0.15) is 11.5 Å². The lowest BCUT2D eigenvalue weighted by Crippen LogP contribution is -2.26. The molecule has 0 radical (unpaired) electrons. The molecule has 94 valence electrons. The number of nitrogens with two attached hydrogens (primary N) is 1. The molecule has 0 atom stereocenters. The van der Waals surface area contributed by atoms with Crippen LogP contribution in [0.4, 0.5) is 12.9 Å². The summed E-state index contributed by atoms with van der Waals surface area (Å²) >= 11 is 0. The van der Waals surface area contributed by atoms with E-state index in [2.05, 4.69) is 4.74 Å². The molecular formula is C9H10BF3NO3-. The molecule has 2 N–H and O–H groups in total. The van der Waals surface area contributed by atoms with Crippen molar-refractivity contribution >= 4 is 12.9 Å². The Hall–Kier alpha value is -1.86. The molecule has 0 aliphatic heterocycles. The van der Waals surface area contributed by atoms with E-state index in [1.165, 1.54) is 19.2 Å². The highest BCUT2D eigenvalue weighted by Crippen LogP contribution is 2.23.